The molecular formula is C34H34BrCl2N3O5S. The highest BCUT2D eigenvalue weighted by molar-refractivity contribution is 9.10. The van der Waals surface area contributed by atoms with E-state index in [9.17, 15) is 18.0 Å². The summed E-state index contributed by atoms with van der Waals surface area (Å²) < 4.78 is 35.3. The molecule has 1 unspecified atom stereocenters. The fourth-order valence-corrected chi connectivity index (χ4v) is 7.31. The number of sulfonamides is 1. The Morgan fingerprint density at radius 3 is 2.22 bits per heavy atom. The van der Waals surface area contributed by atoms with Gasteiger partial charge in [0.25, 0.3) is 10.0 Å². The summed E-state index contributed by atoms with van der Waals surface area (Å²) in [7, 11) is -2.80. The molecule has 0 heterocycles. The number of amides is 2. The van der Waals surface area contributed by atoms with Crippen molar-refractivity contribution in [3.63, 3.8) is 0 Å². The summed E-state index contributed by atoms with van der Waals surface area (Å²) in [5, 5.41) is 3.48. The van der Waals surface area contributed by atoms with E-state index in [4.69, 9.17) is 27.9 Å². The molecule has 0 aliphatic heterocycles. The normalized spacial score (nSPS) is 11.9. The number of halogens is 3. The Hall–Kier alpha value is -3.57. The van der Waals surface area contributed by atoms with Gasteiger partial charge in [-0.25, -0.2) is 8.42 Å². The summed E-state index contributed by atoms with van der Waals surface area (Å²) in [6.07, 6.45) is 0.197. The van der Waals surface area contributed by atoms with Gasteiger partial charge in [0.1, 0.15) is 18.3 Å². The molecule has 242 valence electrons. The summed E-state index contributed by atoms with van der Waals surface area (Å²) >= 11 is 15.9. The van der Waals surface area contributed by atoms with E-state index in [2.05, 4.69) is 21.2 Å². The number of benzene rings is 4. The molecule has 0 fully saturated rings. The summed E-state index contributed by atoms with van der Waals surface area (Å²) in [4.78, 5) is 29.5. The molecule has 12 heteroatoms. The standard InChI is InChI=1S/C34H34BrCl2N3O5S/c1-4-38-34(42)31(19-24-8-6-5-7-9-24)39(21-25-12-16-29(36)30(37)18-25)33(41)22-40(26-13-10-23(2)11-14-26)46(43,44)27-15-17-32(45-3)28(35)20-27/h5-18,20,31H,4,19,21-22H2,1-3H3,(H,38,42). The first-order valence-electron chi connectivity index (χ1n) is 14.4. The van der Waals surface area contributed by atoms with Crippen molar-refractivity contribution in [2.75, 3.05) is 24.5 Å². The Morgan fingerprint density at radius 2 is 1.61 bits per heavy atom. The summed E-state index contributed by atoms with van der Waals surface area (Å²) in [5.74, 6) is -0.506. The van der Waals surface area contributed by atoms with E-state index in [1.165, 1.54) is 30.2 Å². The van der Waals surface area contributed by atoms with Crippen molar-refractivity contribution in [2.24, 2.45) is 0 Å². The zero-order valence-electron chi connectivity index (χ0n) is 25.5. The monoisotopic (exact) mass is 745 g/mol. The van der Waals surface area contributed by atoms with Crippen LogP contribution in [0.25, 0.3) is 0 Å². The van der Waals surface area contributed by atoms with Crippen LogP contribution in [0.1, 0.15) is 23.6 Å². The number of likely N-dealkylation sites (N-methyl/N-ethyl adjacent to an activating group) is 1. The lowest BCUT2D eigenvalue weighted by atomic mass is 10.0. The molecule has 1 atom stereocenters. The molecule has 0 bridgehead atoms. The average molecular weight is 748 g/mol. The number of aryl methyl sites for hydroxylation is 1. The van der Waals surface area contributed by atoms with Crippen LogP contribution >= 0.6 is 39.1 Å². The van der Waals surface area contributed by atoms with Gasteiger partial charge in [0.2, 0.25) is 11.8 Å². The third kappa shape index (κ3) is 8.61. The molecule has 0 aliphatic rings. The lowest BCUT2D eigenvalue weighted by molar-refractivity contribution is -0.140. The Bertz CT molecular complexity index is 1790. The van der Waals surface area contributed by atoms with E-state index in [0.717, 1.165) is 15.4 Å². The third-order valence-corrected chi connectivity index (χ3v) is 10.4. The van der Waals surface area contributed by atoms with Crippen LogP contribution in [-0.2, 0) is 32.6 Å². The number of anilines is 1. The van der Waals surface area contributed by atoms with Crippen LogP contribution in [-0.4, -0.2) is 51.4 Å². The minimum absolute atomic E-state index is 0.0276. The largest absolute Gasteiger partial charge is 0.496 e. The quantitative estimate of drug-likeness (QED) is 0.158. The van der Waals surface area contributed by atoms with Gasteiger partial charge in [-0.15, -0.1) is 0 Å². The van der Waals surface area contributed by atoms with Crippen LogP contribution in [0.3, 0.4) is 0 Å². The van der Waals surface area contributed by atoms with E-state index in [1.807, 2.05) is 37.3 Å². The van der Waals surface area contributed by atoms with Gasteiger partial charge in [-0.1, -0.05) is 77.3 Å². The molecule has 0 aromatic heterocycles. The highest BCUT2D eigenvalue weighted by atomic mass is 79.9. The number of nitrogens with one attached hydrogen (secondary N) is 1. The van der Waals surface area contributed by atoms with Crippen molar-refractivity contribution in [2.45, 2.75) is 37.8 Å². The number of ether oxygens (including phenoxy) is 1. The van der Waals surface area contributed by atoms with Crippen molar-refractivity contribution in [1.29, 1.82) is 0 Å². The zero-order valence-corrected chi connectivity index (χ0v) is 29.5. The number of rotatable bonds is 13. The highest BCUT2D eigenvalue weighted by Crippen LogP contribution is 2.31. The molecule has 0 radical (unpaired) electrons. The zero-order chi connectivity index (χ0) is 33.4. The van der Waals surface area contributed by atoms with Gasteiger partial charge in [0, 0.05) is 19.5 Å². The van der Waals surface area contributed by atoms with Crippen molar-refractivity contribution in [3.05, 3.63) is 122 Å². The minimum Gasteiger partial charge on any atom is -0.496 e. The van der Waals surface area contributed by atoms with Crippen LogP contribution in [0, 0.1) is 6.92 Å². The van der Waals surface area contributed by atoms with Crippen molar-refractivity contribution < 1.29 is 22.7 Å². The third-order valence-electron chi connectivity index (χ3n) is 7.27. The van der Waals surface area contributed by atoms with Gasteiger partial charge in [0.05, 0.1) is 32.2 Å². The number of methoxy groups -OCH3 is 1. The second-order valence-electron chi connectivity index (χ2n) is 10.5. The van der Waals surface area contributed by atoms with E-state index >= 15 is 0 Å². The number of hydrogen-bond acceptors (Lipinski definition) is 5. The van der Waals surface area contributed by atoms with Crippen LogP contribution in [0.15, 0.2) is 100 Å². The molecule has 4 aromatic rings. The number of nitrogens with zero attached hydrogens (tertiary/aromatic N) is 2. The van der Waals surface area contributed by atoms with Gasteiger partial charge in [-0.3, -0.25) is 13.9 Å². The van der Waals surface area contributed by atoms with E-state index in [-0.39, 0.29) is 34.5 Å². The molecule has 0 aliphatic carbocycles. The van der Waals surface area contributed by atoms with Crippen molar-refractivity contribution in [1.82, 2.24) is 10.2 Å². The van der Waals surface area contributed by atoms with Gasteiger partial charge in [0.15, 0.2) is 0 Å². The Labute approximate surface area is 288 Å². The maximum atomic E-state index is 14.5. The van der Waals surface area contributed by atoms with Gasteiger partial charge >= 0.3 is 0 Å². The second kappa shape index (κ2) is 15.8. The van der Waals surface area contributed by atoms with Crippen LogP contribution < -0.4 is 14.4 Å². The second-order valence-corrected chi connectivity index (χ2v) is 14.0. The summed E-state index contributed by atoms with van der Waals surface area (Å²) in [5.41, 5.74) is 2.66. The number of carbonyl (C=O) groups is 2. The smallest absolute Gasteiger partial charge is 0.264 e. The van der Waals surface area contributed by atoms with Gasteiger partial charge in [-0.05, 0) is 83.4 Å². The predicted octanol–water partition coefficient (Wildman–Crippen LogP) is 7.04. The molecular weight excluding hydrogens is 713 g/mol. The summed E-state index contributed by atoms with van der Waals surface area (Å²) in [6.45, 7) is 3.41. The predicted molar refractivity (Wildman–Crippen MR) is 186 cm³/mol. The maximum absolute atomic E-state index is 14.5. The fourth-order valence-electron chi connectivity index (χ4n) is 4.86. The molecule has 4 rings (SSSR count). The average Bonchev–Trinajstić information content (AvgIpc) is 3.04. The van der Waals surface area contributed by atoms with Crippen molar-refractivity contribution in [3.8, 4) is 5.75 Å². The van der Waals surface area contributed by atoms with Crippen LogP contribution in [0.4, 0.5) is 5.69 Å². The molecule has 0 spiro atoms. The lowest BCUT2D eigenvalue weighted by Crippen LogP contribution is -2.53. The van der Waals surface area contributed by atoms with E-state index in [1.54, 1.807) is 49.4 Å². The van der Waals surface area contributed by atoms with Crippen molar-refractivity contribution >= 4 is 66.7 Å². The molecule has 4 aromatic carbocycles. The molecule has 0 saturated carbocycles. The minimum atomic E-state index is -4.28. The first kappa shape index (κ1) is 35.3. The van der Waals surface area contributed by atoms with Crippen LogP contribution in [0.2, 0.25) is 10.0 Å². The van der Waals surface area contributed by atoms with Gasteiger partial charge in [-0.2, -0.15) is 0 Å². The van der Waals surface area contributed by atoms with Crippen LogP contribution in [0.5, 0.6) is 5.75 Å². The van der Waals surface area contributed by atoms with Gasteiger partial charge < -0.3 is 15.0 Å². The topological polar surface area (TPSA) is 96.0 Å². The molecule has 2 amide bonds. The Balaban J connectivity index is 1.82. The molecule has 46 heavy (non-hydrogen) atoms. The first-order chi connectivity index (χ1) is 21.9. The SMILES string of the molecule is CCNC(=O)C(Cc1ccccc1)N(Cc1ccc(Cl)c(Cl)c1)C(=O)CN(c1ccc(C)cc1)S(=O)(=O)c1ccc(OC)c(Br)c1. The first-order valence-corrected chi connectivity index (χ1v) is 17.4. The Morgan fingerprint density at radius 1 is 0.913 bits per heavy atom. The molecule has 8 nitrogen and oxygen atoms in total. The summed E-state index contributed by atoms with van der Waals surface area (Å²) in [6, 6.07) is 24.5. The Kier molecular flexibility index (Phi) is 12.1. The molecule has 0 saturated heterocycles. The fraction of sp³-hybridized carbons (Fsp3) is 0.235. The number of carbonyl (C=O) groups excluding carboxylic acids is 2. The van der Waals surface area contributed by atoms with E-state index in [0.29, 0.717) is 27.4 Å². The highest BCUT2D eigenvalue weighted by Gasteiger charge is 2.34. The maximum Gasteiger partial charge on any atom is 0.264 e. The lowest BCUT2D eigenvalue weighted by Gasteiger charge is -2.34. The van der Waals surface area contributed by atoms with E-state index < -0.39 is 28.5 Å². The number of hydrogen-bond donors (Lipinski definition) is 1. The molecule has 1 N–H and O–H groups in total.